The third-order valence-corrected chi connectivity index (χ3v) is 3.34. The summed E-state index contributed by atoms with van der Waals surface area (Å²) in [6, 6.07) is -0.0640. The first-order chi connectivity index (χ1) is 8.76. The molecule has 1 atom stereocenters. The molecule has 0 bridgehead atoms. The number of carbonyl (C=O) groups is 1. The number of hydrogen-bond acceptors (Lipinski definition) is 4. The first kappa shape index (κ1) is 13.0. The SMILES string of the molecule is NCCn1cnc(C(=O)N2CCCCC2CO)c1. The minimum atomic E-state index is -0.0930. The van der Waals surface area contributed by atoms with Gasteiger partial charge in [0.2, 0.25) is 0 Å². The van der Waals surface area contributed by atoms with E-state index in [9.17, 15) is 9.90 Å². The Labute approximate surface area is 106 Å². The van der Waals surface area contributed by atoms with Crippen LogP contribution in [0.1, 0.15) is 29.8 Å². The molecular weight excluding hydrogens is 232 g/mol. The Morgan fingerprint density at radius 3 is 3.11 bits per heavy atom. The summed E-state index contributed by atoms with van der Waals surface area (Å²) in [5, 5.41) is 9.31. The van der Waals surface area contributed by atoms with E-state index in [0.717, 1.165) is 19.3 Å². The number of rotatable bonds is 4. The number of nitrogens with two attached hydrogens (primary N) is 1. The monoisotopic (exact) mass is 252 g/mol. The maximum Gasteiger partial charge on any atom is 0.274 e. The third kappa shape index (κ3) is 2.70. The van der Waals surface area contributed by atoms with Gasteiger partial charge < -0.3 is 20.3 Å². The van der Waals surface area contributed by atoms with Crippen molar-refractivity contribution in [1.29, 1.82) is 0 Å². The Hall–Kier alpha value is -1.40. The number of aliphatic hydroxyl groups is 1. The fourth-order valence-electron chi connectivity index (χ4n) is 2.35. The van der Waals surface area contributed by atoms with Crippen LogP contribution in [0.2, 0.25) is 0 Å². The van der Waals surface area contributed by atoms with Gasteiger partial charge in [-0.05, 0) is 19.3 Å². The van der Waals surface area contributed by atoms with Crippen LogP contribution < -0.4 is 5.73 Å². The van der Waals surface area contributed by atoms with Crippen LogP contribution >= 0.6 is 0 Å². The molecule has 1 aliphatic rings. The molecule has 2 rings (SSSR count). The molecule has 2 heterocycles. The van der Waals surface area contributed by atoms with Crippen molar-refractivity contribution >= 4 is 5.91 Å². The molecule has 0 saturated carbocycles. The largest absolute Gasteiger partial charge is 0.394 e. The van der Waals surface area contributed by atoms with Crippen LogP contribution in [-0.4, -0.2) is 51.2 Å². The van der Waals surface area contributed by atoms with E-state index in [-0.39, 0.29) is 18.6 Å². The maximum absolute atomic E-state index is 12.3. The molecule has 100 valence electrons. The van der Waals surface area contributed by atoms with Crippen LogP contribution in [0, 0.1) is 0 Å². The highest BCUT2D eigenvalue weighted by Gasteiger charge is 2.27. The average molecular weight is 252 g/mol. The Balaban J connectivity index is 2.08. The average Bonchev–Trinajstić information content (AvgIpc) is 2.87. The lowest BCUT2D eigenvalue weighted by atomic mass is 10.0. The lowest BCUT2D eigenvalue weighted by molar-refractivity contribution is 0.0498. The minimum Gasteiger partial charge on any atom is -0.394 e. The van der Waals surface area contributed by atoms with Crippen molar-refractivity contribution in [3.63, 3.8) is 0 Å². The second kappa shape index (κ2) is 5.97. The molecular formula is C12H20N4O2. The molecule has 3 N–H and O–H groups in total. The van der Waals surface area contributed by atoms with Gasteiger partial charge in [0.25, 0.3) is 5.91 Å². The minimum absolute atomic E-state index is 0.0231. The van der Waals surface area contributed by atoms with E-state index in [1.54, 1.807) is 17.4 Å². The molecule has 1 saturated heterocycles. The number of hydrogen-bond donors (Lipinski definition) is 2. The summed E-state index contributed by atoms with van der Waals surface area (Å²) in [7, 11) is 0. The standard InChI is InChI=1S/C12H20N4O2/c13-4-6-15-7-11(14-9-15)12(18)16-5-2-1-3-10(16)8-17/h7,9-10,17H,1-6,8,13H2. The number of amides is 1. The Bertz CT molecular complexity index is 405. The van der Waals surface area contributed by atoms with E-state index in [2.05, 4.69) is 4.98 Å². The molecule has 1 fully saturated rings. The lowest BCUT2D eigenvalue weighted by Crippen LogP contribution is -2.45. The van der Waals surface area contributed by atoms with Crippen molar-refractivity contribution in [2.45, 2.75) is 31.8 Å². The summed E-state index contributed by atoms with van der Waals surface area (Å²) < 4.78 is 1.81. The first-order valence-corrected chi connectivity index (χ1v) is 6.40. The van der Waals surface area contributed by atoms with E-state index in [1.165, 1.54) is 0 Å². The summed E-state index contributed by atoms with van der Waals surface area (Å²) in [6.07, 6.45) is 6.27. The summed E-state index contributed by atoms with van der Waals surface area (Å²) in [5.41, 5.74) is 5.89. The normalized spacial score (nSPS) is 20.1. The topological polar surface area (TPSA) is 84.4 Å². The van der Waals surface area contributed by atoms with E-state index < -0.39 is 0 Å². The number of likely N-dealkylation sites (tertiary alicyclic amines) is 1. The van der Waals surface area contributed by atoms with E-state index >= 15 is 0 Å². The molecule has 1 amide bonds. The van der Waals surface area contributed by atoms with Crippen LogP contribution in [0.5, 0.6) is 0 Å². The van der Waals surface area contributed by atoms with Crippen LogP contribution in [0.25, 0.3) is 0 Å². The predicted octanol–water partition coefficient (Wildman–Crippen LogP) is -0.171. The summed E-state index contributed by atoms with van der Waals surface area (Å²) in [4.78, 5) is 18.1. The molecule has 18 heavy (non-hydrogen) atoms. The quantitative estimate of drug-likeness (QED) is 0.779. The summed E-state index contributed by atoms with van der Waals surface area (Å²) >= 11 is 0. The van der Waals surface area contributed by atoms with Crippen LogP contribution in [-0.2, 0) is 6.54 Å². The molecule has 1 aromatic heterocycles. The second-order valence-corrected chi connectivity index (χ2v) is 4.62. The summed E-state index contributed by atoms with van der Waals surface area (Å²) in [6.45, 7) is 1.90. The van der Waals surface area contributed by atoms with Crippen LogP contribution in [0.4, 0.5) is 0 Å². The van der Waals surface area contributed by atoms with Gasteiger partial charge in [-0.2, -0.15) is 0 Å². The van der Waals surface area contributed by atoms with Crippen molar-refractivity contribution in [3.8, 4) is 0 Å². The van der Waals surface area contributed by atoms with Crippen molar-refractivity contribution in [1.82, 2.24) is 14.5 Å². The van der Waals surface area contributed by atoms with E-state index in [1.807, 2.05) is 4.57 Å². The van der Waals surface area contributed by atoms with Gasteiger partial charge >= 0.3 is 0 Å². The molecule has 6 heteroatoms. The first-order valence-electron chi connectivity index (χ1n) is 6.40. The molecule has 1 aliphatic heterocycles. The van der Waals surface area contributed by atoms with Crippen LogP contribution in [0.3, 0.4) is 0 Å². The number of aromatic nitrogens is 2. The molecule has 1 aromatic rings. The van der Waals surface area contributed by atoms with Gasteiger partial charge in [-0.3, -0.25) is 4.79 Å². The van der Waals surface area contributed by atoms with E-state index in [0.29, 0.717) is 25.3 Å². The van der Waals surface area contributed by atoms with Gasteiger partial charge in [-0.1, -0.05) is 0 Å². The van der Waals surface area contributed by atoms with Gasteiger partial charge in [0.15, 0.2) is 0 Å². The van der Waals surface area contributed by atoms with Crippen LogP contribution in [0.15, 0.2) is 12.5 Å². The highest BCUT2D eigenvalue weighted by molar-refractivity contribution is 5.92. The number of nitrogens with zero attached hydrogens (tertiary/aromatic N) is 3. The lowest BCUT2D eigenvalue weighted by Gasteiger charge is -2.34. The number of aliphatic hydroxyl groups excluding tert-OH is 1. The smallest absolute Gasteiger partial charge is 0.274 e. The van der Waals surface area contributed by atoms with Crippen molar-refractivity contribution in [2.24, 2.45) is 5.73 Å². The van der Waals surface area contributed by atoms with Crippen molar-refractivity contribution < 1.29 is 9.90 Å². The number of imidazole rings is 1. The van der Waals surface area contributed by atoms with Gasteiger partial charge in [-0.25, -0.2) is 4.98 Å². The zero-order valence-electron chi connectivity index (χ0n) is 10.5. The van der Waals surface area contributed by atoms with Gasteiger partial charge in [0, 0.05) is 25.8 Å². The van der Waals surface area contributed by atoms with Crippen molar-refractivity contribution in [3.05, 3.63) is 18.2 Å². The molecule has 0 aliphatic carbocycles. The molecule has 0 radical (unpaired) electrons. The summed E-state index contributed by atoms with van der Waals surface area (Å²) in [5.74, 6) is -0.0930. The second-order valence-electron chi connectivity index (χ2n) is 4.62. The highest BCUT2D eigenvalue weighted by atomic mass is 16.3. The fourth-order valence-corrected chi connectivity index (χ4v) is 2.35. The fraction of sp³-hybridized carbons (Fsp3) is 0.667. The van der Waals surface area contributed by atoms with Gasteiger partial charge in [0.05, 0.1) is 19.0 Å². The molecule has 6 nitrogen and oxygen atoms in total. The van der Waals surface area contributed by atoms with Crippen molar-refractivity contribution in [2.75, 3.05) is 19.7 Å². The number of piperidine rings is 1. The maximum atomic E-state index is 12.3. The van der Waals surface area contributed by atoms with Gasteiger partial charge in [-0.15, -0.1) is 0 Å². The number of carbonyl (C=O) groups excluding carboxylic acids is 1. The predicted molar refractivity (Wildman–Crippen MR) is 67.0 cm³/mol. The third-order valence-electron chi connectivity index (χ3n) is 3.34. The van der Waals surface area contributed by atoms with E-state index in [4.69, 9.17) is 5.73 Å². The van der Waals surface area contributed by atoms with Gasteiger partial charge in [0.1, 0.15) is 5.69 Å². The Kier molecular flexibility index (Phi) is 4.33. The molecule has 0 spiro atoms. The zero-order valence-corrected chi connectivity index (χ0v) is 10.5. The molecule has 0 aromatic carbocycles. The Morgan fingerprint density at radius 1 is 1.56 bits per heavy atom. The molecule has 1 unspecified atom stereocenters. The Morgan fingerprint density at radius 2 is 2.39 bits per heavy atom. The highest BCUT2D eigenvalue weighted by Crippen LogP contribution is 2.18. The zero-order chi connectivity index (χ0) is 13.0.